The Hall–Kier alpha value is -2.15. The largest absolute Gasteiger partial charge is 0.238 e. The van der Waals surface area contributed by atoms with Gasteiger partial charge in [-0.1, -0.05) is 37.1 Å². The van der Waals surface area contributed by atoms with E-state index in [1.165, 1.54) is 12.1 Å². The molecule has 0 amide bonds. The molecule has 1 heterocycles. The second-order valence-corrected chi connectivity index (χ2v) is 8.08. The van der Waals surface area contributed by atoms with Gasteiger partial charge in [-0.05, 0) is 55.3 Å². The average molecular weight is 390 g/mol. The lowest BCUT2D eigenvalue weighted by molar-refractivity contribution is 0.598. The molecule has 0 aliphatic rings. The van der Waals surface area contributed by atoms with E-state index in [0.29, 0.717) is 5.02 Å². The van der Waals surface area contributed by atoms with Crippen LogP contribution < -0.4 is 5.14 Å². The fourth-order valence-electron chi connectivity index (χ4n) is 2.71. The van der Waals surface area contributed by atoms with Gasteiger partial charge >= 0.3 is 0 Å². The lowest BCUT2D eigenvalue weighted by Gasteiger charge is -2.08. The Morgan fingerprint density at radius 1 is 1.08 bits per heavy atom. The van der Waals surface area contributed by atoms with Crippen molar-refractivity contribution in [1.29, 1.82) is 0 Å². The molecule has 3 aromatic rings. The first-order chi connectivity index (χ1) is 12.4. The number of primary sulfonamides is 1. The molecular formula is C19H20ClN3O2S. The molecule has 5 nitrogen and oxygen atoms in total. The van der Waals surface area contributed by atoms with Crippen molar-refractivity contribution < 1.29 is 8.42 Å². The second kappa shape index (κ2) is 7.61. The first-order valence-corrected chi connectivity index (χ1v) is 10.3. The highest BCUT2D eigenvalue weighted by molar-refractivity contribution is 7.89. The molecule has 0 fully saturated rings. The molecular weight excluding hydrogens is 370 g/mol. The minimum atomic E-state index is -3.72. The van der Waals surface area contributed by atoms with Crippen molar-refractivity contribution in [2.75, 3.05) is 0 Å². The number of nitrogens with zero attached hydrogens (tertiary/aromatic N) is 2. The molecule has 3 rings (SSSR count). The Morgan fingerprint density at radius 2 is 1.73 bits per heavy atom. The maximum Gasteiger partial charge on any atom is 0.238 e. The third kappa shape index (κ3) is 4.15. The molecule has 136 valence electrons. The van der Waals surface area contributed by atoms with Crippen molar-refractivity contribution in [3.63, 3.8) is 0 Å². The van der Waals surface area contributed by atoms with Crippen LogP contribution in [0.1, 0.15) is 25.5 Å². The quantitative estimate of drug-likeness (QED) is 0.686. The van der Waals surface area contributed by atoms with Gasteiger partial charge < -0.3 is 0 Å². The number of aromatic nitrogens is 2. The van der Waals surface area contributed by atoms with E-state index < -0.39 is 10.0 Å². The molecule has 0 unspecified atom stereocenters. The monoisotopic (exact) mass is 389 g/mol. The van der Waals surface area contributed by atoms with Crippen LogP contribution in [0.4, 0.5) is 0 Å². The van der Waals surface area contributed by atoms with E-state index in [2.05, 4.69) is 13.0 Å². The number of sulfonamides is 1. The molecule has 0 saturated heterocycles. The summed E-state index contributed by atoms with van der Waals surface area (Å²) in [5.74, 6) is 0. The van der Waals surface area contributed by atoms with E-state index in [9.17, 15) is 8.42 Å². The number of aryl methyl sites for hydroxylation is 1. The molecule has 1 aromatic heterocycles. The molecule has 7 heteroatoms. The summed E-state index contributed by atoms with van der Waals surface area (Å²) in [7, 11) is -3.72. The van der Waals surface area contributed by atoms with Gasteiger partial charge in [-0.25, -0.2) is 18.2 Å². The number of halogens is 1. The molecule has 0 aliphatic carbocycles. The van der Waals surface area contributed by atoms with E-state index >= 15 is 0 Å². The van der Waals surface area contributed by atoms with Gasteiger partial charge in [0.1, 0.15) is 0 Å². The molecule has 0 aliphatic heterocycles. The van der Waals surface area contributed by atoms with Gasteiger partial charge in [0.15, 0.2) is 0 Å². The molecule has 2 N–H and O–H groups in total. The second-order valence-electron chi connectivity index (χ2n) is 6.08. The fourth-order valence-corrected chi connectivity index (χ4v) is 3.35. The molecule has 0 saturated carbocycles. The Balaban J connectivity index is 2.06. The van der Waals surface area contributed by atoms with Crippen LogP contribution in [-0.2, 0) is 16.4 Å². The van der Waals surface area contributed by atoms with Crippen LogP contribution in [0.3, 0.4) is 0 Å². The van der Waals surface area contributed by atoms with Crippen molar-refractivity contribution in [1.82, 2.24) is 9.78 Å². The van der Waals surface area contributed by atoms with Gasteiger partial charge in [0, 0.05) is 10.6 Å². The highest BCUT2D eigenvalue weighted by atomic mass is 35.5. The lowest BCUT2D eigenvalue weighted by Crippen LogP contribution is -2.12. The number of hydrogen-bond acceptors (Lipinski definition) is 3. The topological polar surface area (TPSA) is 78.0 Å². The Bertz CT molecular complexity index is 994. The van der Waals surface area contributed by atoms with Crippen LogP contribution in [-0.4, -0.2) is 18.2 Å². The third-order valence-corrected chi connectivity index (χ3v) is 5.28. The summed E-state index contributed by atoms with van der Waals surface area (Å²) in [6, 6.07) is 16.0. The van der Waals surface area contributed by atoms with Gasteiger partial charge in [0.05, 0.1) is 22.0 Å². The summed E-state index contributed by atoms with van der Waals surface area (Å²) in [6.07, 6.45) is 3.03. The van der Waals surface area contributed by atoms with Crippen LogP contribution in [0.2, 0.25) is 5.02 Å². The Morgan fingerprint density at radius 3 is 2.31 bits per heavy atom. The Kier molecular flexibility index (Phi) is 5.46. The normalized spacial score (nSPS) is 11.7. The fraction of sp³-hybridized carbons (Fsp3) is 0.211. The van der Waals surface area contributed by atoms with Gasteiger partial charge in [-0.2, -0.15) is 5.10 Å². The molecule has 0 bridgehead atoms. The van der Waals surface area contributed by atoms with Gasteiger partial charge in [0.25, 0.3) is 0 Å². The minimum absolute atomic E-state index is 0.0765. The minimum Gasteiger partial charge on any atom is -0.233 e. The smallest absolute Gasteiger partial charge is 0.233 e. The van der Waals surface area contributed by atoms with E-state index in [0.717, 1.165) is 41.9 Å². The predicted molar refractivity (Wildman–Crippen MR) is 104 cm³/mol. The number of nitrogens with two attached hydrogens (primary N) is 1. The van der Waals surface area contributed by atoms with Gasteiger partial charge in [-0.15, -0.1) is 0 Å². The van der Waals surface area contributed by atoms with Crippen molar-refractivity contribution in [2.24, 2.45) is 5.14 Å². The zero-order chi connectivity index (χ0) is 18.7. The molecule has 2 aromatic carbocycles. The molecule has 0 radical (unpaired) electrons. The van der Waals surface area contributed by atoms with Gasteiger partial charge in [-0.3, -0.25) is 0 Å². The highest BCUT2D eigenvalue weighted by Crippen LogP contribution is 2.26. The van der Waals surface area contributed by atoms with Crippen LogP contribution in [0, 0.1) is 0 Å². The van der Waals surface area contributed by atoms with Crippen molar-refractivity contribution >= 4 is 21.6 Å². The lowest BCUT2D eigenvalue weighted by atomic mass is 10.1. The molecule has 26 heavy (non-hydrogen) atoms. The summed E-state index contributed by atoms with van der Waals surface area (Å²) < 4.78 is 24.8. The average Bonchev–Trinajstić information content (AvgIpc) is 3.04. The number of rotatable bonds is 6. The van der Waals surface area contributed by atoms with Crippen molar-refractivity contribution in [3.8, 4) is 16.9 Å². The van der Waals surface area contributed by atoms with Crippen molar-refractivity contribution in [2.45, 2.75) is 31.1 Å². The van der Waals surface area contributed by atoms with Crippen LogP contribution in [0.15, 0.2) is 59.5 Å². The maximum atomic E-state index is 11.5. The van der Waals surface area contributed by atoms with Crippen LogP contribution in [0.5, 0.6) is 0 Å². The molecule has 0 spiro atoms. The number of unbranched alkanes of at least 4 members (excludes halogenated alkanes) is 1. The zero-order valence-electron chi connectivity index (χ0n) is 14.4. The standard InChI is InChI=1S/C19H20ClN3O2S/c1-2-3-4-16-13-19(14-5-7-15(20)8-6-14)23(22-16)17-9-11-18(12-10-17)26(21,24)25/h5-13H,2-4H2,1H3,(H2,21,24,25). The summed E-state index contributed by atoms with van der Waals surface area (Å²) >= 11 is 6.00. The van der Waals surface area contributed by atoms with Gasteiger partial charge in [0.2, 0.25) is 10.0 Å². The predicted octanol–water partition coefficient (Wildman–Crippen LogP) is 4.18. The summed E-state index contributed by atoms with van der Waals surface area (Å²) in [4.78, 5) is 0.0765. The maximum absolute atomic E-state index is 11.5. The first-order valence-electron chi connectivity index (χ1n) is 8.36. The highest BCUT2D eigenvalue weighted by Gasteiger charge is 2.13. The van der Waals surface area contributed by atoms with E-state index in [1.54, 1.807) is 12.1 Å². The zero-order valence-corrected chi connectivity index (χ0v) is 16.0. The SMILES string of the molecule is CCCCc1cc(-c2ccc(Cl)cc2)n(-c2ccc(S(N)(=O)=O)cc2)n1. The third-order valence-electron chi connectivity index (χ3n) is 4.10. The van der Waals surface area contributed by atoms with E-state index in [-0.39, 0.29) is 4.90 Å². The van der Waals surface area contributed by atoms with E-state index in [1.807, 2.05) is 28.9 Å². The van der Waals surface area contributed by atoms with Crippen molar-refractivity contribution in [3.05, 3.63) is 65.3 Å². The van der Waals surface area contributed by atoms with E-state index in [4.69, 9.17) is 21.8 Å². The first kappa shape index (κ1) is 18.6. The number of benzene rings is 2. The summed E-state index contributed by atoms with van der Waals surface area (Å²) in [5.41, 5.74) is 3.67. The van der Waals surface area contributed by atoms with Crippen LogP contribution in [0.25, 0.3) is 16.9 Å². The Labute approximate surface area is 158 Å². The summed E-state index contributed by atoms with van der Waals surface area (Å²) in [6.45, 7) is 2.14. The summed E-state index contributed by atoms with van der Waals surface area (Å²) in [5, 5.41) is 10.6. The van der Waals surface area contributed by atoms with Crippen LogP contribution >= 0.6 is 11.6 Å². The number of hydrogen-bond donors (Lipinski definition) is 1. The molecule has 0 atom stereocenters.